The Hall–Kier alpha value is -2.09. The normalized spacial score (nSPS) is 25.8. The quantitative estimate of drug-likeness (QED) is 0.494. The number of anilines is 1. The first-order valence-electron chi connectivity index (χ1n) is 11.8. The minimum atomic E-state index is -4.40. The molecule has 2 aromatic carbocycles. The highest BCUT2D eigenvalue weighted by Gasteiger charge is 2.43. The Morgan fingerprint density at radius 2 is 1.88 bits per heavy atom. The molecule has 4 rings (SSSR count). The zero-order valence-electron chi connectivity index (χ0n) is 19.1. The van der Waals surface area contributed by atoms with Crippen LogP contribution in [-0.2, 0) is 10.9 Å². The van der Waals surface area contributed by atoms with Gasteiger partial charge < -0.3 is 20.5 Å². The molecule has 1 saturated heterocycles. The second-order valence-corrected chi connectivity index (χ2v) is 9.67. The van der Waals surface area contributed by atoms with Crippen LogP contribution in [0.25, 0.3) is 0 Å². The van der Waals surface area contributed by atoms with Crippen LogP contribution in [-0.4, -0.2) is 30.4 Å². The summed E-state index contributed by atoms with van der Waals surface area (Å²) in [4.78, 5) is 0. The van der Waals surface area contributed by atoms with Crippen LogP contribution in [0.4, 0.5) is 18.9 Å². The lowest BCUT2D eigenvalue weighted by atomic mass is 9.76. The van der Waals surface area contributed by atoms with Crippen LogP contribution in [0.15, 0.2) is 48.5 Å². The maximum Gasteiger partial charge on any atom is 0.416 e. The molecule has 0 saturated carbocycles. The van der Waals surface area contributed by atoms with Gasteiger partial charge in [0.25, 0.3) is 0 Å². The van der Waals surface area contributed by atoms with Crippen LogP contribution in [0.5, 0.6) is 0 Å². The third-order valence-corrected chi connectivity index (χ3v) is 6.74. The Morgan fingerprint density at radius 1 is 1.12 bits per heavy atom. The molecule has 2 aromatic rings. The summed E-state index contributed by atoms with van der Waals surface area (Å²) >= 11 is 0. The van der Waals surface area contributed by atoms with Gasteiger partial charge in [-0.15, -0.1) is 0 Å². The molecule has 3 N–H and O–H groups in total. The second-order valence-electron chi connectivity index (χ2n) is 9.67. The molecule has 2 aliphatic heterocycles. The van der Waals surface area contributed by atoms with Crippen molar-refractivity contribution in [3.8, 4) is 0 Å². The molecule has 5 atom stereocenters. The van der Waals surface area contributed by atoms with Gasteiger partial charge in [-0.3, -0.25) is 0 Å². The predicted molar refractivity (Wildman–Crippen MR) is 123 cm³/mol. The molecule has 7 heteroatoms. The number of aliphatic hydroxyl groups excluding tert-OH is 1. The second kappa shape index (κ2) is 10.0. The van der Waals surface area contributed by atoms with Crippen molar-refractivity contribution < 1.29 is 23.0 Å². The fourth-order valence-corrected chi connectivity index (χ4v) is 5.16. The highest BCUT2D eigenvalue weighted by molar-refractivity contribution is 5.58. The Kier molecular flexibility index (Phi) is 7.31. The van der Waals surface area contributed by atoms with E-state index in [9.17, 15) is 18.3 Å². The number of aliphatic hydroxyl groups is 1. The molecular weight excluding hydrogens is 429 g/mol. The topological polar surface area (TPSA) is 53.5 Å². The van der Waals surface area contributed by atoms with Gasteiger partial charge in [-0.2, -0.15) is 13.2 Å². The lowest BCUT2D eigenvalue weighted by Crippen LogP contribution is -2.45. The standard InChI is InChI=1S/C26H33F3N2O2/c1-16(2)12-19(15-32)30-14-20-9-10-21-24(17-6-4-3-5-7-17)31-23-11-8-18(26(27,28)29)13-22(23)25(21)33-20/h3-8,11,13,16,19-21,24-25,30-32H,9-10,12,14-15H2,1-2H3/t19-,20-,21+,24+,25+/m1/s1. The van der Waals surface area contributed by atoms with E-state index in [-0.39, 0.29) is 30.7 Å². The zero-order chi connectivity index (χ0) is 23.6. The SMILES string of the molecule is CC(C)C[C@H](CO)NC[C@H]1CC[C@@H]2[C@H](O1)c1cc(C(F)(F)F)ccc1N[C@H]2c1ccccc1. The van der Waals surface area contributed by atoms with Crippen LogP contribution >= 0.6 is 0 Å². The monoisotopic (exact) mass is 462 g/mol. The van der Waals surface area contributed by atoms with Crippen LogP contribution in [0, 0.1) is 11.8 Å². The van der Waals surface area contributed by atoms with E-state index in [4.69, 9.17) is 4.74 Å². The van der Waals surface area contributed by atoms with Gasteiger partial charge >= 0.3 is 6.18 Å². The van der Waals surface area contributed by atoms with E-state index in [1.807, 2.05) is 18.2 Å². The molecule has 0 radical (unpaired) electrons. The van der Waals surface area contributed by atoms with Crippen molar-refractivity contribution in [2.75, 3.05) is 18.5 Å². The van der Waals surface area contributed by atoms with Crippen molar-refractivity contribution in [2.24, 2.45) is 11.8 Å². The Bertz CT molecular complexity index is 919. The summed E-state index contributed by atoms with van der Waals surface area (Å²) in [5, 5.41) is 16.6. The number of fused-ring (bicyclic) bond motifs is 3. The van der Waals surface area contributed by atoms with E-state index < -0.39 is 17.8 Å². The molecule has 1 fully saturated rings. The van der Waals surface area contributed by atoms with Gasteiger partial charge in [0.2, 0.25) is 0 Å². The number of halogens is 3. The molecule has 180 valence electrons. The highest BCUT2D eigenvalue weighted by Crippen LogP contribution is 2.51. The van der Waals surface area contributed by atoms with Gasteiger partial charge in [-0.05, 0) is 48.9 Å². The number of rotatable bonds is 7. The highest BCUT2D eigenvalue weighted by atomic mass is 19.4. The lowest BCUT2D eigenvalue weighted by Gasteiger charge is -2.46. The summed E-state index contributed by atoms with van der Waals surface area (Å²) < 4.78 is 46.9. The van der Waals surface area contributed by atoms with Gasteiger partial charge in [0.05, 0.1) is 30.4 Å². The third kappa shape index (κ3) is 5.53. The molecule has 0 spiro atoms. The Balaban J connectivity index is 1.59. The van der Waals surface area contributed by atoms with Gasteiger partial charge in [0, 0.05) is 29.8 Å². The van der Waals surface area contributed by atoms with E-state index in [0.29, 0.717) is 23.7 Å². The summed E-state index contributed by atoms with van der Waals surface area (Å²) in [6.45, 7) is 4.84. The summed E-state index contributed by atoms with van der Waals surface area (Å²) in [5.74, 6) is 0.485. The summed E-state index contributed by atoms with van der Waals surface area (Å²) in [6, 6.07) is 13.9. The van der Waals surface area contributed by atoms with Gasteiger partial charge in [-0.1, -0.05) is 44.2 Å². The van der Waals surface area contributed by atoms with Crippen molar-refractivity contribution >= 4 is 5.69 Å². The first kappa shape index (κ1) is 24.0. The molecule has 0 bridgehead atoms. The minimum absolute atomic E-state index is 0.0134. The van der Waals surface area contributed by atoms with Crippen molar-refractivity contribution in [3.05, 3.63) is 65.2 Å². The Morgan fingerprint density at radius 3 is 2.55 bits per heavy atom. The van der Waals surface area contributed by atoms with Crippen LogP contribution in [0.2, 0.25) is 0 Å². The van der Waals surface area contributed by atoms with Crippen LogP contribution < -0.4 is 10.6 Å². The Labute approximate surface area is 193 Å². The molecule has 0 amide bonds. The number of hydrogen-bond donors (Lipinski definition) is 3. The molecule has 0 aliphatic carbocycles. The van der Waals surface area contributed by atoms with Crippen molar-refractivity contribution in [1.29, 1.82) is 0 Å². The molecule has 2 aliphatic rings. The van der Waals surface area contributed by atoms with Gasteiger partial charge in [-0.25, -0.2) is 0 Å². The average molecular weight is 463 g/mol. The summed E-state index contributed by atoms with van der Waals surface area (Å²) in [6.07, 6.45) is -2.44. The largest absolute Gasteiger partial charge is 0.416 e. The first-order chi connectivity index (χ1) is 15.8. The minimum Gasteiger partial charge on any atom is -0.395 e. The van der Waals surface area contributed by atoms with E-state index in [0.717, 1.165) is 30.9 Å². The van der Waals surface area contributed by atoms with E-state index in [2.05, 4.69) is 36.6 Å². The van der Waals surface area contributed by atoms with E-state index in [1.165, 1.54) is 12.1 Å². The summed E-state index contributed by atoms with van der Waals surface area (Å²) in [7, 11) is 0. The number of benzene rings is 2. The smallest absolute Gasteiger partial charge is 0.395 e. The molecular formula is C26H33F3N2O2. The van der Waals surface area contributed by atoms with Crippen LogP contribution in [0.3, 0.4) is 0 Å². The number of alkyl halides is 3. The molecule has 2 heterocycles. The molecule has 33 heavy (non-hydrogen) atoms. The number of hydrogen-bond acceptors (Lipinski definition) is 4. The van der Waals surface area contributed by atoms with E-state index >= 15 is 0 Å². The van der Waals surface area contributed by atoms with Gasteiger partial charge in [0.15, 0.2) is 0 Å². The predicted octanol–water partition coefficient (Wildman–Crippen LogP) is 5.71. The zero-order valence-corrected chi connectivity index (χ0v) is 19.1. The fraction of sp³-hybridized carbons (Fsp3) is 0.538. The van der Waals surface area contributed by atoms with Crippen molar-refractivity contribution in [3.63, 3.8) is 0 Å². The lowest BCUT2D eigenvalue weighted by molar-refractivity contribution is -0.138. The van der Waals surface area contributed by atoms with Gasteiger partial charge in [0.1, 0.15) is 0 Å². The maximum absolute atomic E-state index is 13.5. The van der Waals surface area contributed by atoms with Crippen molar-refractivity contribution in [2.45, 2.75) is 63.6 Å². The fourth-order valence-electron chi connectivity index (χ4n) is 5.16. The van der Waals surface area contributed by atoms with Crippen LogP contribution in [0.1, 0.15) is 61.9 Å². The molecule has 0 aromatic heterocycles. The van der Waals surface area contributed by atoms with Crippen molar-refractivity contribution in [1.82, 2.24) is 5.32 Å². The third-order valence-electron chi connectivity index (χ3n) is 6.74. The average Bonchev–Trinajstić information content (AvgIpc) is 2.80. The molecule has 4 nitrogen and oxygen atoms in total. The summed E-state index contributed by atoms with van der Waals surface area (Å²) in [5.41, 5.74) is 1.73. The molecule has 0 unspecified atom stereocenters. The van der Waals surface area contributed by atoms with E-state index in [1.54, 1.807) is 0 Å². The number of ether oxygens (including phenoxy) is 1. The first-order valence-corrected chi connectivity index (χ1v) is 11.8. The maximum atomic E-state index is 13.5. The number of nitrogens with one attached hydrogen (secondary N) is 2.